The molecule has 0 aliphatic carbocycles. The van der Waals surface area contributed by atoms with Crippen molar-refractivity contribution in [2.45, 2.75) is 38.6 Å². The molecule has 2 heterocycles. The van der Waals surface area contributed by atoms with E-state index in [1.807, 2.05) is 31.2 Å². The third-order valence-corrected chi connectivity index (χ3v) is 5.52. The molecule has 3 amide bonds. The third kappa shape index (κ3) is 4.95. The Kier molecular flexibility index (Phi) is 6.11. The van der Waals surface area contributed by atoms with Gasteiger partial charge in [-0.15, -0.1) is 11.3 Å². The minimum atomic E-state index is -0.496. The fraction of sp³-hybridized carbons (Fsp3) is 0.389. The largest absolute Gasteiger partial charge is 0.354 e. The number of rotatable bonds is 4. The minimum Gasteiger partial charge on any atom is -0.354 e. The van der Waals surface area contributed by atoms with Crippen LogP contribution in [0.25, 0.3) is 0 Å². The lowest BCUT2D eigenvalue weighted by atomic mass is 10.1. The van der Waals surface area contributed by atoms with Gasteiger partial charge in [0.1, 0.15) is 6.04 Å². The number of carbonyl (C=O) groups excluding carboxylic acids is 2. The Bertz CT molecular complexity index is 808. The number of thiazole rings is 1. The van der Waals surface area contributed by atoms with Crippen molar-refractivity contribution in [2.75, 3.05) is 11.9 Å². The molecule has 1 saturated heterocycles. The predicted molar refractivity (Wildman–Crippen MR) is 104 cm³/mol. The zero-order chi connectivity index (χ0) is 18.5. The maximum absolute atomic E-state index is 12.2. The Morgan fingerprint density at radius 3 is 3.08 bits per heavy atom. The molecule has 1 unspecified atom stereocenters. The Labute approximate surface area is 161 Å². The summed E-state index contributed by atoms with van der Waals surface area (Å²) in [5, 5.41) is 9.49. The van der Waals surface area contributed by atoms with Gasteiger partial charge in [0.2, 0.25) is 5.91 Å². The number of halogens is 1. The molecule has 6 nitrogen and oxygen atoms in total. The maximum atomic E-state index is 12.2. The van der Waals surface area contributed by atoms with Crippen LogP contribution in [0.3, 0.4) is 0 Å². The van der Waals surface area contributed by atoms with Crippen LogP contribution in [0.5, 0.6) is 0 Å². The highest BCUT2D eigenvalue weighted by atomic mass is 35.5. The highest BCUT2D eigenvalue weighted by molar-refractivity contribution is 7.15. The molecule has 2 aromatic rings. The van der Waals surface area contributed by atoms with Gasteiger partial charge in [0.05, 0.1) is 5.69 Å². The van der Waals surface area contributed by atoms with E-state index in [0.717, 1.165) is 29.0 Å². The van der Waals surface area contributed by atoms with E-state index in [1.54, 1.807) is 0 Å². The van der Waals surface area contributed by atoms with Gasteiger partial charge >= 0.3 is 6.03 Å². The number of benzene rings is 1. The van der Waals surface area contributed by atoms with Crippen molar-refractivity contribution in [3.63, 3.8) is 0 Å². The predicted octanol–water partition coefficient (Wildman–Crippen LogP) is 3.49. The van der Waals surface area contributed by atoms with Crippen LogP contribution in [0.2, 0.25) is 5.02 Å². The van der Waals surface area contributed by atoms with E-state index in [4.69, 9.17) is 11.6 Å². The molecule has 0 saturated carbocycles. The SMILES string of the molecule is Cc1nc(NC(=O)NC2CCCCNC2=O)sc1Cc1cccc(Cl)c1. The van der Waals surface area contributed by atoms with Gasteiger partial charge in [-0.05, 0) is 43.9 Å². The van der Waals surface area contributed by atoms with Crippen LogP contribution in [0.4, 0.5) is 9.93 Å². The van der Waals surface area contributed by atoms with Crippen molar-refractivity contribution in [1.29, 1.82) is 0 Å². The van der Waals surface area contributed by atoms with Crippen LogP contribution in [0, 0.1) is 6.92 Å². The number of urea groups is 1. The summed E-state index contributed by atoms with van der Waals surface area (Å²) in [6.45, 7) is 2.58. The number of hydrogen-bond donors (Lipinski definition) is 3. The summed E-state index contributed by atoms with van der Waals surface area (Å²) in [7, 11) is 0. The molecular weight excluding hydrogens is 372 g/mol. The number of hydrogen-bond acceptors (Lipinski definition) is 4. The number of anilines is 1. The Morgan fingerprint density at radius 1 is 1.42 bits per heavy atom. The van der Waals surface area contributed by atoms with Gasteiger partial charge in [0, 0.05) is 22.9 Å². The number of nitrogens with zero attached hydrogens (tertiary/aromatic N) is 1. The summed E-state index contributed by atoms with van der Waals surface area (Å²) in [5.74, 6) is -0.130. The van der Waals surface area contributed by atoms with E-state index < -0.39 is 12.1 Å². The van der Waals surface area contributed by atoms with Crippen LogP contribution in [-0.4, -0.2) is 29.5 Å². The number of carbonyl (C=O) groups is 2. The van der Waals surface area contributed by atoms with E-state index in [-0.39, 0.29) is 5.91 Å². The molecule has 1 aliphatic rings. The molecule has 1 atom stereocenters. The van der Waals surface area contributed by atoms with Gasteiger partial charge in [0.25, 0.3) is 0 Å². The lowest BCUT2D eigenvalue weighted by molar-refractivity contribution is -0.122. The first kappa shape index (κ1) is 18.7. The smallest absolute Gasteiger partial charge is 0.321 e. The second kappa shape index (κ2) is 8.51. The Morgan fingerprint density at radius 2 is 2.27 bits per heavy atom. The van der Waals surface area contributed by atoms with Crippen molar-refractivity contribution in [1.82, 2.24) is 15.6 Å². The molecule has 8 heteroatoms. The van der Waals surface area contributed by atoms with Crippen LogP contribution in [0.15, 0.2) is 24.3 Å². The molecule has 0 spiro atoms. The average Bonchev–Trinajstić information content (AvgIpc) is 2.79. The van der Waals surface area contributed by atoms with E-state index in [1.165, 1.54) is 11.3 Å². The van der Waals surface area contributed by atoms with Crippen LogP contribution < -0.4 is 16.0 Å². The lowest BCUT2D eigenvalue weighted by Crippen LogP contribution is -2.46. The van der Waals surface area contributed by atoms with Crippen molar-refractivity contribution in [3.05, 3.63) is 45.4 Å². The normalized spacial score (nSPS) is 17.3. The zero-order valence-electron chi connectivity index (χ0n) is 14.5. The maximum Gasteiger partial charge on any atom is 0.321 e. The highest BCUT2D eigenvalue weighted by Gasteiger charge is 2.22. The van der Waals surface area contributed by atoms with Gasteiger partial charge in [-0.2, -0.15) is 0 Å². The third-order valence-electron chi connectivity index (χ3n) is 4.21. The Hall–Kier alpha value is -2.12. The molecule has 1 aromatic carbocycles. The molecule has 1 fully saturated rings. The molecule has 138 valence electrons. The first-order valence-electron chi connectivity index (χ1n) is 8.57. The van der Waals surface area contributed by atoms with Gasteiger partial charge in [-0.1, -0.05) is 23.7 Å². The van der Waals surface area contributed by atoms with Crippen LogP contribution in [0.1, 0.15) is 35.4 Å². The summed E-state index contributed by atoms with van der Waals surface area (Å²) in [6.07, 6.45) is 3.20. The summed E-state index contributed by atoms with van der Waals surface area (Å²) in [6, 6.07) is 6.78. The number of aryl methyl sites for hydroxylation is 1. The second-order valence-electron chi connectivity index (χ2n) is 6.27. The van der Waals surface area contributed by atoms with E-state index in [2.05, 4.69) is 20.9 Å². The Balaban J connectivity index is 1.61. The van der Waals surface area contributed by atoms with Crippen molar-refractivity contribution < 1.29 is 9.59 Å². The second-order valence-corrected chi connectivity index (χ2v) is 7.79. The molecule has 1 aromatic heterocycles. The molecule has 0 radical (unpaired) electrons. The molecular formula is C18H21ClN4O2S. The van der Waals surface area contributed by atoms with Crippen molar-refractivity contribution in [2.24, 2.45) is 0 Å². The quantitative estimate of drug-likeness (QED) is 0.744. The van der Waals surface area contributed by atoms with E-state index in [9.17, 15) is 9.59 Å². The summed E-state index contributed by atoms with van der Waals surface area (Å²) < 4.78 is 0. The van der Waals surface area contributed by atoms with Crippen molar-refractivity contribution >= 4 is 40.0 Å². The van der Waals surface area contributed by atoms with Gasteiger partial charge < -0.3 is 10.6 Å². The van der Waals surface area contributed by atoms with Crippen LogP contribution in [-0.2, 0) is 11.2 Å². The molecule has 0 bridgehead atoms. The van der Waals surface area contributed by atoms with E-state index >= 15 is 0 Å². The van der Waals surface area contributed by atoms with Crippen molar-refractivity contribution in [3.8, 4) is 0 Å². The molecule has 1 aliphatic heterocycles. The molecule has 3 rings (SSSR count). The zero-order valence-corrected chi connectivity index (χ0v) is 16.0. The van der Waals surface area contributed by atoms with Crippen LogP contribution >= 0.6 is 22.9 Å². The summed E-state index contributed by atoms with van der Waals surface area (Å²) in [4.78, 5) is 29.6. The number of amides is 3. The first-order chi connectivity index (χ1) is 12.5. The average molecular weight is 393 g/mol. The van der Waals surface area contributed by atoms with E-state index in [0.29, 0.717) is 29.5 Å². The minimum absolute atomic E-state index is 0.130. The number of nitrogens with one attached hydrogen (secondary N) is 3. The number of aromatic nitrogens is 1. The standard InChI is InChI=1S/C18H21ClN4O2S/c1-11-15(10-12-5-4-6-13(19)9-12)26-18(21-11)23-17(25)22-14-7-2-3-8-20-16(14)24/h4-6,9,14H,2-3,7-8,10H2,1H3,(H,20,24)(H2,21,22,23,25). The van der Waals surface area contributed by atoms with Gasteiger partial charge in [0.15, 0.2) is 5.13 Å². The fourth-order valence-corrected chi connectivity index (χ4v) is 4.05. The molecule has 3 N–H and O–H groups in total. The summed E-state index contributed by atoms with van der Waals surface area (Å²) >= 11 is 7.46. The first-order valence-corrected chi connectivity index (χ1v) is 9.76. The monoisotopic (exact) mass is 392 g/mol. The highest BCUT2D eigenvalue weighted by Crippen LogP contribution is 2.26. The van der Waals surface area contributed by atoms with Gasteiger partial charge in [-0.25, -0.2) is 9.78 Å². The lowest BCUT2D eigenvalue weighted by Gasteiger charge is -2.14. The molecule has 26 heavy (non-hydrogen) atoms. The fourth-order valence-electron chi connectivity index (χ4n) is 2.85. The topological polar surface area (TPSA) is 83.1 Å². The summed E-state index contributed by atoms with van der Waals surface area (Å²) in [5.41, 5.74) is 1.97. The van der Waals surface area contributed by atoms with Gasteiger partial charge in [-0.3, -0.25) is 10.1 Å².